The summed E-state index contributed by atoms with van der Waals surface area (Å²) >= 11 is 7.77. The van der Waals surface area contributed by atoms with E-state index < -0.39 is 10.0 Å². The average molecular weight is 427 g/mol. The fourth-order valence-electron chi connectivity index (χ4n) is 2.43. The first-order chi connectivity index (χ1) is 12.8. The third-order valence-corrected chi connectivity index (χ3v) is 6.28. The van der Waals surface area contributed by atoms with Crippen LogP contribution in [0, 0.1) is 6.92 Å². The molecule has 0 heterocycles. The molecule has 0 unspecified atom stereocenters. The highest BCUT2D eigenvalue weighted by Gasteiger charge is 2.20. The van der Waals surface area contributed by atoms with E-state index >= 15 is 0 Å². The summed E-state index contributed by atoms with van der Waals surface area (Å²) in [7, 11) is -3.55. The molecule has 2 aromatic carbocycles. The second-order valence-corrected chi connectivity index (χ2v) is 9.52. The number of thioether (sulfide) groups is 1. The van der Waals surface area contributed by atoms with Crippen molar-refractivity contribution in [2.75, 3.05) is 29.4 Å². The maximum Gasteiger partial charge on any atom is 0.240 e. The second kappa shape index (κ2) is 10.0. The molecule has 0 saturated heterocycles. The lowest BCUT2D eigenvalue weighted by atomic mass is 10.2. The third-order valence-electron chi connectivity index (χ3n) is 3.76. The lowest BCUT2D eigenvalue weighted by Gasteiger charge is -2.22. The Hall–Kier alpha value is -1.70. The summed E-state index contributed by atoms with van der Waals surface area (Å²) in [5.41, 5.74) is 2.47. The predicted molar refractivity (Wildman–Crippen MR) is 114 cm³/mol. The van der Waals surface area contributed by atoms with Crippen molar-refractivity contribution in [2.24, 2.45) is 0 Å². The monoisotopic (exact) mass is 426 g/mol. The fourth-order valence-corrected chi connectivity index (χ4v) is 4.42. The molecule has 1 N–H and O–H groups in total. The van der Waals surface area contributed by atoms with Crippen LogP contribution in [-0.2, 0) is 20.6 Å². The van der Waals surface area contributed by atoms with Gasteiger partial charge in [0.05, 0.1) is 11.9 Å². The van der Waals surface area contributed by atoms with Gasteiger partial charge in [-0.05, 0) is 36.2 Å². The summed E-state index contributed by atoms with van der Waals surface area (Å²) in [6.45, 7) is 2.09. The molecule has 8 heteroatoms. The number of hydrogen-bond acceptors (Lipinski definition) is 4. The van der Waals surface area contributed by atoms with Crippen LogP contribution in [0.3, 0.4) is 0 Å². The zero-order chi connectivity index (χ0) is 19.9. The smallest absolute Gasteiger partial charge is 0.240 e. The third kappa shape index (κ3) is 7.08. The number of hydrogen-bond donors (Lipinski definition) is 1. The van der Waals surface area contributed by atoms with Gasteiger partial charge in [-0.3, -0.25) is 9.10 Å². The van der Waals surface area contributed by atoms with E-state index in [-0.39, 0.29) is 12.5 Å². The van der Waals surface area contributed by atoms with E-state index in [9.17, 15) is 13.2 Å². The predicted octanol–water partition coefficient (Wildman–Crippen LogP) is 3.46. The van der Waals surface area contributed by atoms with Crippen LogP contribution in [0.4, 0.5) is 5.69 Å². The van der Waals surface area contributed by atoms with Gasteiger partial charge in [-0.15, -0.1) is 0 Å². The minimum Gasteiger partial charge on any atom is -0.354 e. The van der Waals surface area contributed by atoms with Crippen molar-refractivity contribution in [3.8, 4) is 0 Å². The summed E-state index contributed by atoms with van der Waals surface area (Å²) in [4.78, 5) is 12.2. The number of nitrogens with one attached hydrogen (secondary N) is 1. The number of nitrogens with zero attached hydrogens (tertiary/aromatic N) is 1. The fraction of sp³-hybridized carbons (Fsp3) is 0.316. The summed E-state index contributed by atoms with van der Waals surface area (Å²) in [6, 6.07) is 14.7. The average Bonchev–Trinajstić information content (AvgIpc) is 2.60. The van der Waals surface area contributed by atoms with Gasteiger partial charge < -0.3 is 5.32 Å². The topological polar surface area (TPSA) is 66.5 Å². The largest absolute Gasteiger partial charge is 0.354 e. The molecule has 0 bridgehead atoms. The van der Waals surface area contributed by atoms with Crippen molar-refractivity contribution >= 4 is 45.0 Å². The van der Waals surface area contributed by atoms with Gasteiger partial charge in [-0.1, -0.05) is 41.9 Å². The lowest BCUT2D eigenvalue weighted by molar-refractivity contribution is -0.119. The van der Waals surface area contributed by atoms with E-state index in [1.165, 1.54) is 0 Å². The molecule has 5 nitrogen and oxygen atoms in total. The molecule has 0 aliphatic heterocycles. The van der Waals surface area contributed by atoms with E-state index in [1.54, 1.807) is 30.0 Å². The van der Waals surface area contributed by atoms with Crippen LogP contribution in [0.5, 0.6) is 0 Å². The number of aryl methyl sites for hydroxylation is 1. The summed E-state index contributed by atoms with van der Waals surface area (Å²) in [5.74, 6) is 1.13. The van der Waals surface area contributed by atoms with Crippen LogP contribution in [0.2, 0.25) is 5.02 Å². The van der Waals surface area contributed by atoms with Gasteiger partial charge in [-0.2, -0.15) is 11.8 Å². The summed E-state index contributed by atoms with van der Waals surface area (Å²) < 4.78 is 25.3. The van der Waals surface area contributed by atoms with Crippen molar-refractivity contribution in [1.29, 1.82) is 0 Å². The van der Waals surface area contributed by atoms with Crippen LogP contribution in [0.1, 0.15) is 11.1 Å². The van der Waals surface area contributed by atoms with Gasteiger partial charge in [0, 0.05) is 23.1 Å². The van der Waals surface area contributed by atoms with E-state index in [0.717, 1.165) is 32.5 Å². The Morgan fingerprint density at radius 2 is 1.93 bits per heavy atom. The van der Waals surface area contributed by atoms with Crippen molar-refractivity contribution in [3.05, 3.63) is 64.7 Å². The Bertz CT molecular complexity index is 888. The molecule has 0 fully saturated rings. The number of rotatable bonds is 9. The maximum absolute atomic E-state index is 12.2. The summed E-state index contributed by atoms with van der Waals surface area (Å²) in [5, 5.41) is 3.50. The van der Waals surface area contributed by atoms with E-state index in [2.05, 4.69) is 5.32 Å². The molecule has 146 valence electrons. The van der Waals surface area contributed by atoms with E-state index in [1.807, 2.05) is 37.3 Å². The Morgan fingerprint density at radius 1 is 1.19 bits per heavy atom. The van der Waals surface area contributed by atoms with Crippen molar-refractivity contribution in [1.82, 2.24) is 5.32 Å². The second-order valence-electron chi connectivity index (χ2n) is 6.10. The SMILES string of the molecule is Cc1cccc(N(CC(=O)NCCSCc2ccccc2Cl)S(C)(=O)=O)c1. The number of halogens is 1. The van der Waals surface area contributed by atoms with Crippen molar-refractivity contribution in [2.45, 2.75) is 12.7 Å². The molecule has 0 aromatic heterocycles. The highest BCUT2D eigenvalue weighted by atomic mass is 35.5. The maximum atomic E-state index is 12.2. The molecule has 0 saturated carbocycles. The minimum atomic E-state index is -3.55. The van der Waals surface area contributed by atoms with Crippen LogP contribution in [0.25, 0.3) is 0 Å². The number of sulfonamides is 1. The normalized spacial score (nSPS) is 11.2. The highest BCUT2D eigenvalue weighted by Crippen LogP contribution is 2.20. The first kappa shape index (κ1) is 21.6. The zero-order valence-electron chi connectivity index (χ0n) is 15.3. The quantitative estimate of drug-likeness (QED) is 0.623. The van der Waals surface area contributed by atoms with Crippen molar-refractivity contribution < 1.29 is 13.2 Å². The standard InChI is InChI=1S/C19H23ClN2O3S2/c1-15-6-5-8-17(12-15)22(27(2,24)25)13-19(23)21-10-11-26-14-16-7-3-4-9-18(16)20/h3-9,12H,10-11,13-14H2,1-2H3,(H,21,23). The Labute approximate surface area is 170 Å². The van der Waals surface area contributed by atoms with Crippen LogP contribution in [0.15, 0.2) is 48.5 Å². The molecule has 0 spiro atoms. The molecule has 2 rings (SSSR count). The molecule has 0 aliphatic carbocycles. The first-order valence-corrected chi connectivity index (χ1v) is 11.8. The molecule has 0 aliphatic rings. The number of carbonyl (C=O) groups excluding carboxylic acids is 1. The van der Waals surface area contributed by atoms with Gasteiger partial charge in [0.25, 0.3) is 0 Å². The van der Waals surface area contributed by atoms with Gasteiger partial charge in [-0.25, -0.2) is 8.42 Å². The first-order valence-electron chi connectivity index (χ1n) is 8.39. The molecule has 2 aromatic rings. The number of amides is 1. The van der Waals surface area contributed by atoms with E-state index in [4.69, 9.17) is 11.6 Å². The van der Waals surface area contributed by atoms with Crippen LogP contribution >= 0.6 is 23.4 Å². The van der Waals surface area contributed by atoms with Gasteiger partial charge >= 0.3 is 0 Å². The van der Waals surface area contributed by atoms with Gasteiger partial charge in [0.2, 0.25) is 15.9 Å². The minimum absolute atomic E-state index is 0.239. The molecule has 0 atom stereocenters. The van der Waals surface area contributed by atoms with Gasteiger partial charge in [0.1, 0.15) is 6.54 Å². The Kier molecular flexibility index (Phi) is 8.01. The van der Waals surface area contributed by atoms with Crippen molar-refractivity contribution in [3.63, 3.8) is 0 Å². The molecule has 0 radical (unpaired) electrons. The lowest BCUT2D eigenvalue weighted by Crippen LogP contribution is -2.41. The molecule has 27 heavy (non-hydrogen) atoms. The number of anilines is 1. The number of benzene rings is 2. The highest BCUT2D eigenvalue weighted by molar-refractivity contribution is 7.98. The van der Waals surface area contributed by atoms with Gasteiger partial charge in [0.15, 0.2) is 0 Å². The molecular formula is C19H23ClN2O3S2. The Balaban J connectivity index is 1.83. The van der Waals surface area contributed by atoms with Crippen LogP contribution in [-0.4, -0.2) is 39.4 Å². The van der Waals surface area contributed by atoms with E-state index in [0.29, 0.717) is 18.0 Å². The molecular weight excluding hydrogens is 404 g/mol. The Morgan fingerprint density at radius 3 is 2.59 bits per heavy atom. The molecule has 1 amide bonds. The summed E-state index contributed by atoms with van der Waals surface area (Å²) in [6.07, 6.45) is 1.10. The van der Waals surface area contributed by atoms with Crippen LogP contribution < -0.4 is 9.62 Å². The zero-order valence-corrected chi connectivity index (χ0v) is 17.7. The number of carbonyl (C=O) groups is 1.